The number of piperidine rings is 1. The predicted octanol–water partition coefficient (Wildman–Crippen LogP) is 1.13. The summed E-state index contributed by atoms with van der Waals surface area (Å²) in [5.74, 6) is 0.154. The summed E-state index contributed by atoms with van der Waals surface area (Å²) in [6.45, 7) is 3.88. The summed E-state index contributed by atoms with van der Waals surface area (Å²) in [4.78, 5) is 13.6. The third-order valence-corrected chi connectivity index (χ3v) is 2.58. The summed E-state index contributed by atoms with van der Waals surface area (Å²) in [6.07, 6.45) is 5.35. The number of likely N-dealkylation sites (tertiary alicyclic amines) is 1. The van der Waals surface area contributed by atoms with Gasteiger partial charge in [0.1, 0.15) is 0 Å². The van der Waals surface area contributed by atoms with Crippen LogP contribution in [0, 0.1) is 0 Å². The summed E-state index contributed by atoms with van der Waals surface area (Å²) in [6, 6.07) is -0.261. The Morgan fingerprint density at radius 3 is 2.54 bits per heavy atom. The molecule has 1 saturated heterocycles. The number of carbonyl (C=O) groups is 1. The van der Waals surface area contributed by atoms with Crippen molar-refractivity contribution in [3.05, 3.63) is 0 Å². The first-order valence-electron chi connectivity index (χ1n) is 5.30. The molecule has 1 atom stereocenters. The molecule has 0 spiro atoms. The first-order chi connectivity index (χ1) is 6.25. The van der Waals surface area contributed by atoms with Gasteiger partial charge in [0.2, 0.25) is 5.91 Å². The molecule has 0 aromatic rings. The van der Waals surface area contributed by atoms with E-state index in [2.05, 4.69) is 6.92 Å². The van der Waals surface area contributed by atoms with Crippen molar-refractivity contribution >= 4 is 5.91 Å². The molecule has 0 bridgehead atoms. The summed E-state index contributed by atoms with van der Waals surface area (Å²) in [7, 11) is 0. The van der Waals surface area contributed by atoms with Crippen LogP contribution in [0.15, 0.2) is 0 Å². The Kier molecular flexibility index (Phi) is 4.22. The lowest BCUT2D eigenvalue weighted by Crippen LogP contribution is -2.45. The molecule has 1 aliphatic rings. The van der Waals surface area contributed by atoms with Crippen LogP contribution in [0.5, 0.6) is 0 Å². The van der Waals surface area contributed by atoms with Crippen LogP contribution in [-0.2, 0) is 4.79 Å². The van der Waals surface area contributed by atoms with Crippen LogP contribution in [0.25, 0.3) is 0 Å². The minimum absolute atomic E-state index is 0.154. The van der Waals surface area contributed by atoms with Crippen molar-refractivity contribution in [3.8, 4) is 0 Å². The van der Waals surface area contributed by atoms with Crippen LogP contribution in [0.4, 0.5) is 0 Å². The second-order valence-electron chi connectivity index (χ2n) is 3.78. The maximum Gasteiger partial charge on any atom is 0.239 e. The summed E-state index contributed by atoms with van der Waals surface area (Å²) in [5.41, 5.74) is 5.77. The van der Waals surface area contributed by atoms with Gasteiger partial charge in [0.25, 0.3) is 0 Å². The van der Waals surface area contributed by atoms with Gasteiger partial charge in [-0.2, -0.15) is 0 Å². The van der Waals surface area contributed by atoms with Crippen LogP contribution in [0.1, 0.15) is 39.0 Å². The molecule has 1 amide bonds. The van der Waals surface area contributed by atoms with E-state index >= 15 is 0 Å². The third kappa shape index (κ3) is 2.99. The van der Waals surface area contributed by atoms with E-state index in [1.807, 2.05) is 4.90 Å². The normalized spacial score (nSPS) is 20.0. The van der Waals surface area contributed by atoms with Crippen molar-refractivity contribution in [1.82, 2.24) is 4.90 Å². The van der Waals surface area contributed by atoms with Gasteiger partial charge in [-0.3, -0.25) is 4.79 Å². The molecule has 2 N–H and O–H groups in total. The Hall–Kier alpha value is -0.570. The number of rotatable bonds is 3. The highest BCUT2D eigenvalue weighted by Crippen LogP contribution is 2.10. The smallest absolute Gasteiger partial charge is 0.239 e. The van der Waals surface area contributed by atoms with Crippen LogP contribution in [-0.4, -0.2) is 29.9 Å². The number of hydrogen-bond acceptors (Lipinski definition) is 2. The zero-order valence-corrected chi connectivity index (χ0v) is 8.46. The Balaban J connectivity index is 2.36. The Morgan fingerprint density at radius 1 is 1.38 bits per heavy atom. The number of nitrogens with two attached hydrogens (primary N) is 1. The van der Waals surface area contributed by atoms with Crippen molar-refractivity contribution in [2.45, 2.75) is 45.1 Å². The number of hydrogen-bond donors (Lipinski definition) is 1. The monoisotopic (exact) mass is 184 g/mol. The molecular formula is C10H20N2O. The molecule has 0 radical (unpaired) electrons. The topological polar surface area (TPSA) is 46.3 Å². The first-order valence-corrected chi connectivity index (χ1v) is 5.30. The average molecular weight is 184 g/mol. The van der Waals surface area contributed by atoms with E-state index in [4.69, 9.17) is 5.73 Å². The SMILES string of the molecule is CCC[C@@H](N)C(=O)N1CCCCC1. The fraction of sp³-hybridized carbons (Fsp3) is 0.900. The van der Waals surface area contributed by atoms with Gasteiger partial charge in [-0.25, -0.2) is 0 Å². The Labute approximate surface area is 80.3 Å². The molecule has 0 aliphatic carbocycles. The maximum atomic E-state index is 11.7. The van der Waals surface area contributed by atoms with Gasteiger partial charge >= 0.3 is 0 Å². The maximum absolute atomic E-state index is 11.7. The molecule has 0 unspecified atom stereocenters. The van der Waals surface area contributed by atoms with Crippen molar-refractivity contribution < 1.29 is 4.79 Å². The first kappa shape index (κ1) is 10.5. The lowest BCUT2D eigenvalue weighted by Gasteiger charge is -2.29. The lowest BCUT2D eigenvalue weighted by molar-refractivity contribution is -0.133. The van der Waals surface area contributed by atoms with Gasteiger partial charge < -0.3 is 10.6 Å². The van der Waals surface area contributed by atoms with Gasteiger partial charge in [0, 0.05) is 13.1 Å². The molecule has 76 valence electrons. The van der Waals surface area contributed by atoms with Crippen molar-refractivity contribution in [3.63, 3.8) is 0 Å². The van der Waals surface area contributed by atoms with Crippen LogP contribution in [0.3, 0.4) is 0 Å². The highest BCUT2D eigenvalue weighted by Gasteiger charge is 2.21. The van der Waals surface area contributed by atoms with E-state index in [9.17, 15) is 4.79 Å². The second-order valence-corrected chi connectivity index (χ2v) is 3.78. The third-order valence-electron chi connectivity index (χ3n) is 2.58. The van der Waals surface area contributed by atoms with Gasteiger partial charge in [-0.1, -0.05) is 13.3 Å². The van der Waals surface area contributed by atoms with Gasteiger partial charge in [-0.05, 0) is 25.7 Å². The Bertz CT molecular complexity index is 164. The molecule has 0 aromatic carbocycles. The van der Waals surface area contributed by atoms with Crippen molar-refractivity contribution in [2.75, 3.05) is 13.1 Å². The quantitative estimate of drug-likeness (QED) is 0.714. The fourth-order valence-corrected chi connectivity index (χ4v) is 1.78. The zero-order valence-electron chi connectivity index (χ0n) is 8.46. The summed E-state index contributed by atoms with van der Waals surface area (Å²) >= 11 is 0. The van der Waals surface area contributed by atoms with E-state index < -0.39 is 0 Å². The zero-order chi connectivity index (χ0) is 9.68. The van der Waals surface area contributed by atoms with Crippen LogP contribution >= 0.6 is 0 Å². The van der Waals surface area contributed by atoms with Crippen LogP contribution in [0.2, 0.25) is 0 Å². The minimum Gasteiger partial charge on any atom is -0.341 e. The molecule has 3 heteroatoms. The molecule has 1 aliphatic heterocycles. The molecule has 1 rings (SSSR count). The minimum atomic E-state index is -0.261. The fourth-order valence-electron chi connectivity index (χ4n) is 1.78. The van der Waals surface area contributed by atoms with E-state index in [1.54, 1.807) is 0 Å². The average Bonchev–Trinajstić information content (AvgIpc) is 2.18. The largest absolute Gasteiger partial charge is 0.341 e. The molecule has 1 fully saturated rings. The molecule has 3 nitrogen and oxygen atoms in total. The van der Waals surface area contributed by atoms with E-state index in [1.165, 1.54) is 6.42 Å². The molecule has 1 heterocycles. The predicted molar refractivity (Wildman–Crippen MR) is 53.3 cm³/mol. The van der Waals surface area contributed by atoms with Gasteiger partial charge in [0.05, 0.1) is 6.04 Å². The second kappa shape index (κ2) is 5.22. The van der Waals surface area contributed by atoms with Gasteiger partial charge in [-0.15, -0.1) is 0 Å². The van der Waals surface area contributed by atoms with E-state index in [0.29, 0.717) is 0 Å². The Morgan fingerprint density at radius 2 is 2.00 bits per heavy atom. The van der Waals surface area contributed by atoms with Crippen molar-refractivity contribution in [2.24, 2.45) is 5.73 Å². The van der Waals surface area contributed by atoms with Gasteiger partial charge in [0.15, 0.2) is 0 Å². The highest BCUT2D eigenvalue weighted by molar-refractivity contribution is 5.81. The molecule has 0 saturated carbocycles. The highest BCUT2D eigenvalue weighted by atomic mass is 16.2. The number of nitrogens with zero attached hydrogens (tertiary/aromatic N) is 1. The summed E-state index contributed by atoms with van der Waals surface area (Å²) < 4.78 is 0. The number of amides is 1. The molecular weight excluding hydrogens is 164 g/mol. The van der Waals surface area contributed by atoms with Crippen molar-refractivity contribution in [1.29, 1.82) is 0 Å². The lowest BCUT2D eigenvalue weighted by atomic mass is 10.1. The van der Waals surface area contributed by atoms with E-state index in [-0.39, 0.29) is 11.9 Å². The number of carbonyl (C=O) groups excluding carboxylic acids is 1. The summed E-state index contributed by atoms with van der Waals surface area (Å²) in [5, 5.41) is 0. The standard InChI is InChI=1S/C10H20N2O/c1-2-6-9(11)10(13)12-7-4-3-5-8-12/h9H,2-8,11H2,1H3/t9-/m1/s1. The molecule has 0 aromatic heterocycles. The van der Waals surface area contributed by atoms with Crippen LogP contribution < -0.4 is 5.73 Å². The molecule has 13 heavy (non-hydrogen) atoms. The van der Waals surface area contributed by atoms with E-state index in [0.717, 1.165) is 38.8 Å².